The maximum absolute atomic E-state index is 14.6. The number of halogens is 1. The third-order valence-corrected chi connectivity index (χ3v) is 4.91. The van der Waals surface area contributed by atoms with Crippen LogP contribution in [-0.2, 0) is 11.3 Å². The van der Waals surface area contributed by atoms with Gasteiger partial charge in [-0.15, -0.1) is 11.3 Å². The summed E-state index contributed by atoms with van der Waals surface area (Å²) in [5, 5.41) is 4.72. The number of nitrogens with zero attached hydrogens (tertiary/aromatic N) is 1. The first kappa shape index (κ1) is 20.8. The van der Waals surface area contributed by atoms with Crippen LogP contribution in [0.3, 0.4) is 0 Å². The number of carbonyl (C=O) groups is 1. The van der Waals surface area contributed by atoms with Crippen molar-refractivity contribution in [1.29, 1.82) is 0 Å². The zero-order valence-electron chi connectivity index (χ0n) is 16.1. The summed E-state index contributed by atoms with van der Waals surface area (Å²) in [7, 11) is 3.15. The number of carbonyl (C=O) groups excluding carboxylic acids is 1. The number of rotatable bonds is 9. The van der Waals surface area contributed by atoms with Crippen LogP contribution < -0.4 is 14.8 Å². The van der Waals surface area contributed by atoms with Crippen molar-refractivity contribution in [2.24, 2.45) is 0 Å². The lowest BCUT2D eigenvalue weighted by molar-refractivity contribution is 0.0933. The number of methoxy groups -OCH3 is 2. The summed E-state index contributed by atoms with van der Waals surface area (Å²) in [6.07, 6.45) is 0. The van der Waals surface area contributed by atoms with Gasteiger partial charge in [0.25, 0.3) is 5.91 Å². The van der Waals surface area contributed by atoms with Gasteiger partial charge < -0.3 is 19.5 Å². The highest BCUT2D eigenvalue weighted by molar-refractivity contribution is 7.13. The number of amides is 1. The van der Waals surface area contributed by atoms with Gasteiger partial charge >= 0.3 is 0 Å². The predicted molar refractivity (Wildman–Crippen MR) is 109 cm³/mol. The van der Waals surface area contributed by atoms with Crippen molar-refractivity contribution < 1.29 is 23.4 Å². The Morgan fingerprint density at radius 1 is 1.17 bits per heavy atom. The normalized spacial score (nSPS) is 10.6. The van der Waals surface area contributed by atoms with E-state index in [0.717, 1.165) is 11.3 Å². The highest BCUT2D eigenvalue weighted by Gasteiger charge is 2.15. The molecule has 1 heterocycles. The minimum atomic E-state index is -0.464. The summed E-state index contributed by atoms with van der Waals surface area (Å²) in [6, 6.07) is 12.1. The van der Waals surface area contributed by atoms with Crippen LogP contribution in [0.1, 0.15) is 16.1 Å². The van der Waals surface area contributed by atoms with Crippen LogP contribution in [-0.4, -0.2) is 38.3 Å². The molecule has 2 aromatic carbocycles. The van der Waals surface area contributed by atoms with Gasteiger partial charge in [-0.2, -0.15) is 0 Å². The lowest BCUT2D eigenvalue weighted by atomic mass is 10.2. The van der Waals surface area contributed by atoms with Crippen LogP contribution in [0.5, 0.6) is 11.5 Å². The fraction of sp³-hybridized carbons (Fsp3) is 0.238. The molecule has 0 bridgehead atoms. The first-order valence-electron chi connectivity index (χ1n) is 8.89. The molecule has 152 valence electrons. The average molecular weight is 416 g/mol. The molecule has 3 aromatic rings. The van der Waals surface area contributed by atoms with E-state index in [1.165, 1.54) is 17.4 Å². The standard InChI is InChI=1S/C21H21FN2O4S/c1-26-9-8-23-20(25)19-13-29-21(24-19)17-7-6-16(11-18(17)22)28-12-14-4-3-5-15(10-14)27-2/h3-7,10-11,13H,8-9,12H2,1-2H3,(H,23,25). The van der Waals surface area contributed by atoms with Crippen LogP contribution >= 0.6 is 11.3 Å². The van der Waals surface area contributed by atoms with Crippen molar-refractivity contribution in [3.63, 3.8) is 0 Å². The van der Waals surface area contributed by atoms with E-state index < -0.39 is 5.82 Å². The van der Waals surface area contributed by atoms with E-state index in [4.69, 9.17) is 14.2 Å². The predicted octanol–water partition coefficient (Wildman–Crippen LogP) is 3.91. The topological polar surface area (TPSA) is 69.7 Å². The zero-order valence-corrected chi connectivity index (χ0v) is 16.9. The maximum Gasteiger partial charge on any atom is 0.270 e. The van der Waals surface area contributed by atoms with Gasteiger partial charge in [-0.3, -0.25) is 4.79 Å². The minimum Gasteiger partial charge on any atom is -0.497 e. The van der Waals surface area contributed by atoms with Crippen LogP contribution in [0.4, 0.5) is 4.39 Å². The van der Waals surface area contributed by atoms with Crippen LogP contribution in [0.2, 0.25) is 0 Å². The lowest BCUT2D eigenvalue weighted by Crippen LogP contribution is -2.27. The van der Waals surface area contributed by atoms with Crippen molar-refractivity contribution in [2.75, 3.05) is 27.4 Å². The molecule has 0 aliphatic rings. The van der Waals surface area contributed by atoms with Gasteiger partial charge in [0.1, 0.15) is 34.6 Å². The molecule has 0 atom stereocenters. The number of hydrogen-bond donors (Lipinski definition) is 1. The molecule has 29 heavy (non-hydrogen) atoms. The first-order valence-corrected chi connectivity index (χ1v) is 9.77. The molecule has 3 rings (SSSR count). The Hall–Kier alpha value is -2.97. The van der Waals surface area contributed by atoms with E-state index in [0.29, 0.717) is 36.1 Å². The molecule has 6 nitrogen and oxygen atoms in total. The molecular weight excluding hydrogens is 395 g/mol. The van der Waals surface area contributed by atoms with E-state index in [-0.39, 0.29) is 11.6 Å². The SMILES string of the molecule is COCCNC(=O)c1csc(-c2ccc(OCc3cccc(OC)c3)cc2F)n1. The van der Waals surface area contributed by atoms with Crippen LogP contribution in [0, 0.1) is 5.82 Å². The van der Waals surface area contributed by atoms with Gasteiger partial charge in [-0.05, 0) is 29.8 Å². The summed E-state index contributed by atoms with van der Waals surface area (Å²) in [5.41, 5.74) is 1.48. The summed E-state index contributed by atoms with van der Waals surface area (Å²) in [6.45, 7) is 1.09. The van der Waals surface area contributed by atoms with Crippen molar-refractivity contribution in [3.8, 4) is 22.1 Å². The van der Waals surface area contributed by atoms with Gasteiger partial charge in [-0.25, -0.2) is 9.37 Å². The van der Waals surface area contributed by atoms with E-state index in [1.807, 2.05) is 24.3 Å². The number of benzene rings is 2. The monoisotopic (exact) mass is 416 g/mol. The molecule has 0 aliphatic carbocycles. The molecular formula is C21H21FN2O4S. The van der Waals surface area contributed by atoms with Gasteiger partial charge in [0, 0.05) is 30.7 Å². The van der Waals surface area contributed by atoms with Gasteiger partial charge in [0.2, 0.25) is 0 Å². The second kappa shape index (κ2) is 9.99. The number of ether oxygens (including phenoxy) is 3. The third kappa shape index (κ3) is 5.52. The number of thiazole rings is 1. The Kier molecular flexibility index (Phi) is 7.15. The molecule has 0 aliphatic heterocycles. The molecule has 1 amide bonds. The summed E-state index contributed by atoms with van der Waals surface area (Å²) >= 11 is 1.21. The van der Waals surface area contributed by atoms with Gasteiger partial charge in [0.15, 0.2) is 0 Å². The van der Waals surface area contributed by atoms with Crippen molar-refractivity contribution in [1.82, 2.24) is 10.3 Å². The lowest BCUT2D eigenvalue weighted by Gasteiger charge is -2.09. The van der Waals surface area contributed by atoms with Crippen molar-refractivity contribution in [3.05, 3.63) is 64.9 Å². The van der Waals surface area contributed by atoms with Gasteiger partial charge in [0.05, 0.1) is 13.7 Å². The number of nitrogens with one attached hydrogen (secondary N) is 1. The summed E-state index contributed by atoms with van der Waals surface area (Å²) in [4.78, 5) is 16.3. The number of hydrogen-bond acceptors (Lipinski definition) is 6. The molecule has 1 N–H and O–H groups in total. The summed E-state index contributed by atoms with van der Waals surface area (Å²) in [5.74, 6) is 0.360. The Morgan fingerprint density at radius 3 is 2.79 bits per heavy atom. The quantitative estimate of drug-likeness (QED) is 0.536. The molecule has 0 unspecified atom stereocenters. The van der Waals surface area contributed by atoms with E-state index in [9.17, 15) is 9.18 Å². The second-order valence-electron chi connectivity index (χ2n) is 6.07. The smallest absolute Gasteiger partial charge is 0.270 e. The largest absolute Gasteiger partial charge is 0.497 e. The third-order valence-electron chi connectivity index (χ3n) is 4.04. The van der Waals surface area contributed by atoms with E-state index in [2.05, 4.69) is 10.3 Å². The minimum absolute atomic E-state index is 0.249. The van der Waals surface area contributed by atoms with Crippen LogP contribution in [0.15, 0.2) is 47.8 Å². The van der Waals surface area contributed by atoms with Gasteiger partial charge in [-0.1, -0.05) is 12.1 Å². The fourth-order valence-corrected chi connectivity index (χ4v) is 3.37. The first-order chi connectivity index (χ1) is 14.1. The zero-order chi connectivity index (χ0) is 20.6. The highest BCUT2D eigenvalue weighted by atomic mass is 32.1. The second-order valence-corrected chi connectivity index (χ2v) is 6.93. The molecule has 0 spiro atoms. The van der Waals surface area contributed by atoms with Crippen LogP contribution in [0.25, 0.3) is 10.6 Å². The fourth-order valence-electron chi connectivity index (χ4n) is 2.55. The average Bonchev–Trinajstić information content (AvgIpc) is 3.22. The van der Waals surface area contributed by atoms with Crippen molar-refractivity contribution >= 4 is 17.2 Å². The molecule has 0 fully saturated rings. The van der Waals surface area contributed by atoms with E-state index >= 15 is 0 Å². The molecule has 0 saturated carbocycles. The Balaban J connectivity index is 1.65. The summed E-state index contributed by atoms with van der Waals surface area (Å²) < 4.78 is 30.3. The number of aromatic nitrogens is 1. The molecule has 0 saturated heterocycles. The molecule has 8 heteroatoms. The van der Waals surface area contributed by atoms with E-state index in [1.54, 1.807) is 31.7 Å². The Morgan fingerprint density at radius 2 is 2.03 bits per heavy atom. The highest BCUT2D eigenvalue weighted by Crippen LogP contribution is 2.29. The Bertz CT molecular complexity index is 977. The Labute approximate surface area is 172 Å². The van der Waals surface area contributed by atoms with Crippen molar-refractivity contribution in [2.45, 2.75) is 6.61 Å². The molecule has 0 radical (unpaired) electrons. The molecule has 1 aromatic heterocycles. The maximum atomic E-state index is 14.6.